The van der Waals surface area contributed by atoms with Crippen LogP contribution in [0.5, 0.6) is 6.01 Å². The van der Waals surface area contributed by atoms with Crippen LogP contribution in [-0.4, -0.2) is 66.8 Å². The Morgan fingerprint density at radius 3 is 2.76 bits per heavy atom. The topological polar surface area (TPSA) is 103 Å². The van der Waals surface area contributed by atoms with Gasteiger partial charge < -0.3 is 14.7 Å². The van der Waals surface area contributed by atoms with Gasteiger partial charge in [-0.05, 0) is 11.5 Å². The average Bonchev–Trinajstić information content (AvgIpc) is 3.56. The predicted octanol–water partition coefficient (Wildman–Crippen LogP) is 4.38. The van der Waals surface area contributed by atoms with Crippen LogP contribution in [0.1, 0.15) is 18.8 Å². The van der Waals surface area contributed by atoms with Crippen LogP contribution in [-0.2, 0) is 6.42 Å². The van der Waals surface area contributed by atoms with Crippen LogP contribution in [0.2, 0.25) is 5.02 Å². The number of anilines is 1. The van der Waals surface area contributed by atoms with Crippen LogP contribution in [0.15, 0.2) is 55.0 Å². The van der Waals surface area contributed by atoms with Crippen molar-refractivity contribution in [2.24, 2.45) is 0 Å². The van der Waals surface area contributed by atoms with Gasteiger partial charge in [0.05, 0.1) is 18.4 Å². The van der Waals surface area contributed by atoms with Crippen LogP contribution >= 0.6 is 11.6 Å². The molecule has 5 heterocycles. The number of imidazole rings is 1. The molecule has 9 nitrogen and oxygen atoms in total. The maximum Gasteiger partial charge on any atom is 0.328 e. The number of hydrogen-bond acceptors (Lipinski definition) is 7. The highest BCUT2D eigenvalue weighted by atomic mass is 35.5. The number of halogens is 4. The van der Waals surface area contributed by atoms with E-state index in [0.29, 0.717) is 45.9 Å². The summed E-state index contributed by atoms with van der Waals surface area (Å²) < 4.78 is 53.9. The normalized spacial score (nSPS) is 16.4. The fourth-order valence-corrected chi connectivity index (χ4v) is 5.77. The summed E-state index contributed by atoms with van der Waals surface area (Å²) in [6.45, 7) is -2.15. The first-order chi connectivity index (χ1) is 20.4. The fourth-order valence-electron chi connectivity index (χ4n) is 5.48. The Hall–Kier alpha value is -4.51. The van der Waals surface area contributed by atoms with Gasteiger partial charge in [0.15, 0.2) is 11.9 Å². The molecule has 0 saturated carbocycles. The summed E-state index contributed by atoms with van der Waals surface area (Å²) in [7, 11) is 0. The summed E-state index contributed by atoms with van der Waals surface area (Å²) in [5.41, 5.74) is 1.92. The highest BCUT2D eigenvalue weighted by Crippen LogP contribution is 2.37. The Labute approximate surface area is 241 Å². The molecular weight excluding hydrogens is 571 g/mol. The van der Waals surface area contributed by atoms with Crippen molar-refractivity contribution in [1.29, 1.82) is 0 Å². The number of benzene rings is 2. The first-order valence-corrected chi connectivity index (χ1v) is 13.6. The minimum atomic E-state index is -2.74. The zero-order valence-corrected chi connectivity index (χ0v) is 22.6. The van der Waals surface area contributed by atoms with E-state index < -0.39 is 18.5 Å². The highest BCUT2D eigenvalue weighted by Gasteiger charge is 2.42. The second-order valence-corrected chi connectivity index (χ2v) is 10.4. The lowest BCUT2D eigenvalue weighted by molar-refractivity contribution is 0.0663. The van der Waals surface area contributed by atoms with Crippen molar-refractivity contribution in [3.8, 4) is 17.3 Å². The molecule has 0 radical (unpaired) electrons. The predicted molar refractivity (Wildman–Crippen MR) is 153 cm³/mol. The summed E-state index contributed by atoms with van der Waals surface area (Å²) in [6.07, 6.45) is 3.79. The average molecular weight is 593 g/mol. The lowest BCUT2D eigenvalue weighted by atomic mass is 10.0. The third kappa shape index (κ3) is 4.53. The van der Waals surface area contributed by atoms with E-state index in [9.17, 15) is 13.9 Å². The van der Waals surface area contributed by atoms with E-state index in [1.165, 1.54) is 18.6 Å². The maximum absolute atomic E-state index is 16.4. The Balaban J connectivity index is 1.32. The van der Waals surface area contributed by atoms with E-state index in [4.69, 9.17) is 16.3 Å². The molecule has 3 aromatic heterocycles. The number of alkyl halides is 2. The summed E-state index contributed by atoms with van der Waals surface area (Å²) in [5.74, 6) is -0.198. The molecule has 0 spiro atoms. The molecule has 1 N–H and O–H groups in total. The zero-order valence-electron chi connectivity index (χ0n) is 21.9. The number of hydrogen-bond donors (Lipinski definition) is 1. The number of nitrogens with zero attached hydrogens (tertiary/aromatic N) is 7. The molecule has 5 aromatic rings. The van der Waals surface area contributed by atoms with Crippen molar-refractivity contribution in [2.75, 3.05) is 24.6 Å². The van der Waals surface area contributed by atoms with E-state index >= 15 is 4.39 Å². The van der Waals surface area contributed by atoms with Crippen molar-refractivity contribution in [1.82, 2.24) is 29.2 Å². The quantitative estimate of drug-likeness (QED) is 0.280. The van der Waals surface area contributed by atoms with Gasteiger partial charge in [-0.2, -0.15) is 18.7 Å². The SMILES string of the molecule is O[C@@H]1CC2=[N+]=C1CN(c1nc(OCCc3nccn3C(F)F)nc3c(F)c(-c4cccc5cccc(Cl)c45)ncc13)C2. The van der Waals surface area contributed by atoms with E-state index in [1.54, 1.807) is 18.2 Å². The van der Waals surface area contributed by atoms with Crippen LogP contribution in [0, 0.1) is 5.82 Å². The summed E-state index contributed by atoms with van der Waals surface area (Å²) >= 11 is 6.52. The number of pyridine rings is 1. The van der Waals surface area contributed by atoms with Crippen molar-refractivity contribution in [3.63, 3.8) is 0 Å². The summed E-state index contributed by atoms with van der Waals surface area (Å²) in [4.78, 5) is 19.3. The number of rotatable bonds is 7. The summed E-state index contributed by atoms with van der Waals surface area (Å²) in [6, 6.07) is 10.7. The number of fused-ring (bicyclic) bond motifs is 2. The number of aliphatic hydroxyl groups excluding tert-OH is 1. The van der Waals surface area contributed by atoms with E-state index in [1.807, 2.05) is 23.1 Å². The molecule has 7 rings (SSSR count). The van der Waals surface area contributed by atoms with Gasteiger partial charge in [-0.3, -0.25) is 9.55 Å². The molecule has 0 fully saturated rings. The molecule has 0 saturated heterocycles. The lowest BCUT2D eigenvalue weighted by Gasteiger charge is -2.22. The van der Waals surface area contributed by atoms with Gasteiger partial charge in [0.25, 0.3) is 0 Å². The largest absolute Gasteiger partial charge is 0.463 e. The second-order valence-electron chi connectivity index (χ2n) is 10.0. The van der Waals surface area contributed by atoms with Gasteiger partial charge in [-0.1, -0.05) is 46.6 Å². The van der Waals surface area contributed by atoms with Gasteiger partial charge in [0, 0.05) is 41.0 Å². The Kier molecular flexibility index (Phi) is 6.53. The van der Waals surface area contributed by atoms with Crippen LogP contribution in [0.4, 0.5) is 19.0 Å². The molecular formula is C29H22ClF3N7O2+. The third-order valence-corrected chi connectivity index (χ3v) is 7.72. The molecule has 2 aliphatic rings. The maximum atomic E-state index is 16.4. The first kappa shape index (κ1) is 26.4. The van der Waals surface area contributed by atoms with Crippen molar-refractivity contribution in [3.05, 3.63) is 71.7 Å². The molecule has 212 valence electrons. The molecule has 42 heavy (non-hydrogen) atoms. The van der Waals surface area contributed by atoms with Gasteiger partial charge in [-0.15, -0.1) is 0 Å². The Morgan fingerprint density at radius 1 is 1.12 bits per heavy atom. The number of ether oxygens (including phenoxy) is 1. The standard InChI is InChI=1S/C29H22ClF3N7O2/c30-19-6-2-4-15-3-1-5-17(23(15)19)25-24(31)26-18(12-35-25)27(39-13-16-11-21(41)20(14-39)36-16)38-29(37-26)42-10-7-22-34-8-9-40(22)28(32)33/h1-6,8-9,12,21,28,41H,7,10-11,13-14H2/q+1/t21-/m1/s1. The Morgan fingerprint density at radius 2 is 1.95 bits per heavy atom. The van der Waals surface area contributed by atoms with Crippen LogP contribution in [0.25, 0.3) is 32.9 Å². The van der Waals surface area contributed by atoms with Crippen LogP contribution < -0.4 is 14.3 Å². The number of aliphatic hydroxyl groups is 1. The van der Waals surface area contributed by atoms with Crippen molar-refractivity contribution >= 4 is 50.5 Å². The van der Waals surface area contributed by atoms with Crippen molar-refractivity contribution in [2.45, 2.75) is 25.5 Å². The van der Waals surface area contributed by atoms with Gasteiger partial charge in [-0.25, -0.2) is 9.37 Å². The fraction of sp³-hybridized carbons (Fsp3) is 0.241. The molecule has 2 aliphatic heterocycles. The Bertz CT molecular complexity index is 1930. The molecule has 2 aromatic carbocycles. The number of aromatic nitrogens is 5. The van der Waals surface area contributed by atoms with Gasteiger partial charge >= 0.3 is 24.0 Å². The third-order valence-electron chi connectivity index (χ3n) is 7.41. The smallest absolute Gasteiger partial charge is 0.328 e. The minimum absolute atomic E-state index is 0.0245. The highest BCUT2D eigenvalue weighted by molar-refractivity contribution is 6.36. The van der Waals surface area contributed by atoms with E-state index in [0.717, 1.165) is 15.7 Å². The first-order valence-electron chi connectivity index (χ1n) is 13.2. The lowest BCUT2D eigenvalue weighted by Crippen LogP contribution is -2.39. The monoisotopic (exact) mass is 592 g/mol. The molecule has 0 unspecified atom stereocenters. The van der Waals surface area contributed by atoms with E-state index in [-0.39, 0.29) is 42.6 Å². The molecule has 2 bridgehead atoms. The minimum Gasteiger partial charge on any atom is -0.463 e. The molecule has 0 aliphatic carbocycles. The van der Waals surface area contributed by atoms with E-state index in [2.05, 4.69) is 24.6 Å². The molecule has 13 heteroatoms. The van der Waals surface area contributed by atoms with Gasteiger partial charge in [0.2, 0.25) is 0 Å². The van der Waals surface area contributed by atoms with Crippen molar-refractivity contribution < 1.29 is 23.0 Å². The summed E-state index contributed by atoms with van der Waals surface area (Å²) in [5, 5.41) is 12.6. The zero-order chi connectivity index (χ0) is 29.0. The second kappa shape index (κ2) is 10.4. The van der Waals surface area contributed by atoms with Crippen LogP contribution in [0.3, 0.4) is 0 Å². The molecule has 1 atom stereocenters. The van der Waals surface area contributed by atoms with Gasteiger partial charge in [0.1, 0.15) is 35.9 Å². The molecule has 0 amide bonds.